The van der Waals surface area contributed by atoms with E-state index in [4.69, 9.17) is 9.72 Å². The zero-order valence-corrected chi connectivity index (χ0v) is 27.0. The number of hydrogen-bond acceptors (Lipinski definition) is 5. The van der Waals surface area contributed by atoms with Crippen molar-refractivity contribution in [1.82, 2.24) is 9.88 Å². The van der Waals surface area contributed by atoms with Crippen molar-refractivity contribution in [2.45, 2.75) is 71.3 Å². The first-order chi connectivity index (χ1) is 22.7. The number of thiazole rings is 1. The van der Waals surface area contributed by atoms with Crippen LogP contribution in [0.5, 0.6) is 0 Å². The van der Waals surface area contributed by atoms with Gasteiger partial charge in [0, 0.05) is 21.6 Å². The van der Waals surface area contributed by atoms with Gasteiger partial charge >= 0.3 is 24.6 Å². The topological polar surface area (TPSA) is 59.5 Å². The molecule has 1 aliphatic heterocycles. The largest absolute Gasteiger partial charge is 0.439 e. The van der Waals surface area contributed by atoms with Crippen LogP contribution in [-0.2, 0) is 36.2 Å². The van der Waals surface area contributed by atoms with Crippen molar-refractivity contribution in [2.75, 3.05) is 0 Å². The molecule has 2 atom stereocenters. The van der Waals surface area contributed by atoms with Gasteiger partial charge in [-0.25, -0.2) is 9.78 Å². The number of carbonyl (C=O) groups excluding carboxylic acids is 2. The molecule has 49 heavy (non-hydrogen) atoms. The number of ketones is 1. The summed E-state index contributed by atoms with van der Waals surface area (Å²) in [4.78, 5) is 31.4. The number of nitrogens with zero attached hydrogens (tertiary/aromatic N) is 2. The van der Waals surface area contributed by atoms with E-state index >= 15 is 0 Å². The summed E-state index contributed by atoms with van der Waals surface area (Å²) in [5.74, 6) is -0.135. The van der Waals surface area contributed by atoms with Crippen molar-refractivity contribution in [1.29, 1.82) is 0 Å². The lowest BCUT2D eigenvalue weighted by atomic mass is 9.96. The summed E-state index contributed by atoms with van der Waals surface area (Å²) in [5, 5.41) is 0.532. The molecule has 1 amide bonds. The highest BCUT2D eigenvalue weighted by Crippen LogP contribution is 2.43. The molecule has 2 heterocycles. The van der Waals surface area contributed by atoms with E-state index in [0.29, 0.717) is 45.3 Å². The summed E-state index contributed by atoms with van der Waals surface area (Å²) in [6.07, 6.45) is -17.4. The zero-order valence-electron chi connectivity index (χ0n) is 26.2. The minimum absolute atomic E-state index is 0.0190. The number of carbonyl (C=O) groups is 2. The van der Waals surface area contributed by atoms with E-state index in [0.717, 1.165) is 22.6 Å². The molecule has 0 N–H and O–H groups in total. The van der Waals surface area contributed by atoms with Crippen LogP contribution in [0.1, 0.15) is 75.5 Å². The average Bonchev–Trinajstić information content (AvgIpc) is 3.55. The Kier molecular flexibility index (Phi) is 9.38. The predicted octanol–water partition coefficient (Wildman–Crippen LogP) is 10.7. The van der Waals surface area contributed by atoms with E-state index in [-0.39, 0.29) is 23.0 Å². The summed E-state index contributed by atoms with van der Waals surface area (Å²) in [6, 6.07) is 7.65. The van der Waals surface area contributed by atoms with E-state index < -0.39 is 65.6 Å². The van der Waals surface area contributed by atoms with E-state index in [1.165, 1.54) is 31.3 Å². The lowest BCUT2D eigenvalue weighted by Gasteiger charge is -2.24. The number of halogens is 9. The lowest BCUT2D eigenvalue weighted by molar-refractivity contribution is -0.143. The minimum atomic E-state index is -5.15. The van der Waals surface area contributed by atoms with Crippen molar-refractivity contribution in [3.8, 4) is 21.8 Å². The number of ether oxygens (including phenoxy) is 1. The van der Waals surface area contributed by atoms with Gasteiger partial charge in [0.2, 0.25) is 0 Å². The van der Waals surface area contributed by atoms with Gasteiger partial charge in [0.25, 0.3) is 0 Å². The molecule has 0 spiro atoms. The molecule has 1 saturated heterocycles. The lowest BCUT2D eigenvalue weighted by Crippen LogP contribution is -2.32. The fourth-order valence-electron chi connectivity index (χ4n) is 5.66. The number of hydrogen-bond donors (Lipinski definition) is 0. The number of benzene rings is 3. The van der Waals surface area contributed by atoms with E-state index in [2.05, 4.69) is 0 Å². The Balaban J connectivity index is 1.57. The molecule has 3 aromatic carbocycles. The molecular formula is C34H27F9N2O3S. The first-order valence-electron chi connectivity index (χ1n) is 14.8. The van der Waals surface area contributed by atoms with Gasteiger partial charge in [-0.05, 0) is 80.3 Å². The second-order valence-corrected chi connectivity index (χ2v) is 12.7. The maximum absolute atomic E-state index is 13.9. The third-order valence-corrected chi connectivity index (χ3v) is 9.47. The van der Waals surface area contributed by atoms with Crippen LogP contribution >= 0.6 is 11.3 Å². The average molecular weight is 715 g/mol. The summed E-state index contributed by atoms with van der Waals surface area (Å²) in [7, 11) is 0. The first kappa shape index (κ1) is 35.9. The zero-order chi connectivity index (χ0) is 36.2. The molecule has 260 valence electrons. The maximum atomic E-state index is 13.9. The smallest absolute Gasteiger partial charge is 0.416 e. The van der Waals surface area contributed by atoms with Gasteiger partial charge in [0.05, 0.1) is 35.0 Å². The Morgan fingerprint density at radius 2 is 1.45 bits per heavy atom. The van der Waals surface area contributed by atoms with Gasteiger partial charge in [-0.1, -0.05) is 25.1 Å². The summed E-state index contributed by atoms with van der Waals surface area (Å²) in [6.45, 7) is 5.84. The Hall–Kier alpha value is -4.40. The second kappa shape index (κ2) is 12.8. The van der Waals surface area contributed by atoms with Crippen LogP contribution in [0, 0.1) is 6.92 Å². The van der Waals surface area contributed by atoms with Gasteiger partial charge in [-0.2, -0.15) is 39.5 Å². The third kappa shape index (κ3) is 7.31. The second-order valence-electron chi connectivity index (χ2n) is 11.6. The van der Waals surface area contributed by atoms with Crippen molar-refractivity contribution in [3.63, 3.8) is 0 Å². The quantitative estimate of drug-likeness (QED) is 0.141. The molecular weight excluding hydrogens is 687 g/mol. The van der Waals surface area contributed by atoms with Gasteiger partial charge < -0.3 is 4.74 Å². The van der Waals surface area contributed by atoms with Crippen molar-refractivity contribution in [2.24, 2.45) is 0 Å². The van der Waals surface area contributed by atoms with E-state index in [1.807, 2.05) is 6.92 Å². The molecule has 5 nitrogen and oxygen atoms in total. The molecule has 15 heteroatoms. The van der Waals surface area contributed by atoms with Gasteiger partial charge in [-0.3, -0.25) is 9.69 Å². The highest BCUT2D eigenvalue weighted by atomic mass is 32.1. The molecule has 0 saturated carbocycles. The number of cyclic esters (lactones) is 1. The van der Waals surface area contributed by atoms with Crippen LogP contribution < -0.4 is 0 Å². The number of rotatable bonds is 7. The standard InChI is InChI=1S/C34H27F9N2O3S/c1-5-27-28(44-30(49-27)25-8-6-19(18(4)46)10-16(25)2)26-9-7-22(32(35,36)37)13-21(26)15-45-17(3)29(48-31(45)47)20-11-23(33(38,39)40)14-24(12-20)34(41,42)43/h6-14,17,29H,5,15H2,1-4H3/t17-,29-/m0/s1. The van der Waals surface area contributed by atoms with Crippen molar-refractivity contribution in [3.05, 3.63) is 98.4 Å². The SMILES string of the molecule is CCc1sc(-c2ccc(C(C)=O)cc2C)nc1-c1ccc(C(F)(F)F)cc1CN1C(=O)O[C@H](c2cc(C(F)(F)F)cc(C(F)(F)F)c2)[C@@H]1C. The fraction of sp³-hybridized carbons (Fsp3) is 0.324. The fourth-order valence-corrected chi connectivity index (χ4v) is 6.76. The molecule has 0 radical (unpaired) electrons. The van der Waals surface area contributed by atoms with Crippen LogP contribution in [0.15, 0.2) is 54.6 Å². The van der Waals surface area contributed by atoms with Crippen LogP contribution in [0.2, 0.25) is 0 Å². The first-order valence-corrected chi connectivity index (χ1v) is 15.6. The van der Waals surface area contributed by atoms with Gasteiger partial charge in [0.15, 0.2) is 5.78 Å². The molecule has 1 fully saturated rings. The van der Waals surface area contributed by atoms with Crippen LogP contribution in [0.4, 0.5) is 44.3 Å². The summed E-state index contributed by atoms with van der Waals surface area (Å²) in [5.41, 5.74) is -2.32. The molecule has 0 bridgehead atoms. The molecule has 5 rings (SSSR count). The number of aromatic nitrogens is 1. The normalized spacial score (nSPS) is 17.1. The van der Waals surface area contributed by atoms with Gasteiger partial charge in [0.1, 0.15) is 11.1 Å². The van der Waals surface area contributed by atoms with Crippen LogP contribution in [0.3, 0.4) is 0 Å². The number of aryl methyl sites for hydroxylation is 2. The van der Waals surface area contributed by atoms with E-state index in [9.17, 15) is 49.1 Å². The number of Topliss-reactive ketones (excluding diaryl/α,β-unsaturated/α-hetero) is 1. The highest BCUT2D eigenvalue weighted by Gasteiger charge is 2.44. The number of amides is 1. The van der Waals surface area contributed by atoms with Crippen molar-refractivity contribution < 1.29 is 53.8 Å². The molecule has 0 unspecified atom stereocenters. The highest BCUT2D eigenvalue weighted by molar-refractivity contribution is 7.15. The monoisotopic (exact) mass is 714 g/mol. The third-order valence-electron chi connectivity index (χ3n) is 8.24. The molecule has 1 aromatic heterocycles. The number of alkyl halides is 9. The molecule has 0 aliphatic carbocycles. The van der Waals surface area contributed by atoms with Crippen molar-refractivity contribution >= 4 is 23.2 Å². The Morgan fingerprint density at radius 1 is 0.857 bits per heavy atom. The Morgan fingerprint density at radius 3 is 1.98 bits per heavy atom. The maximum Gasteiger partial charge on any atom is 0.416 e. The van der Waals surface area contributed by atoms with Crippen LogP contribution in [0.25, 0.3) is 21.8 Å². The van der Waals surface area contributed by atoms with Crippen LogP contribution in [-0.4, -0.2) is 27.8 Å². The summed E-state index contributed by atoms with van der Waals surface area (Å²) >= 11 is 1.30. The van der Waals surface area contributed by atoms with E-state index in [1.54, 1.807) is 25.1 Å². The Labute approximate surface area is 278 Å². The molecule has 4 aromatic rings. The Bertz CT molecular complexity index is 1900. The predicted molar refractivity (Wildman–Crippen MR) is 163 cm³/mol. The minimum Gasteiger partial charge on any atom is -0.439 e. The molecule has 1 aliphatic rings. The van der Waals surface area contributed by atoms with Gasteiger partial charge in [-0.15, -0.1) is 11.3 Å². The summed E-state index contributed by atoms with van der Waals surface area (Å²) < 4.78 is 128.